The number of rotatable bonds is 7. The molecule has 0 amide bonds. The van der Waals surface area contributed by atoms with Crippen LogP contribution in [0.5, 0.6) is 0 Å². The third kappa shape index (κ3) is 4.49. The summed E-state index contributed by atoms with van der Waals surface area (Å²) in [6, 6.07) is 7.51. The zero-order valence-electron chi connectivity index (χ0n) is 12.4. The van der Waals surface area contributed by atoms with Crippen LogP contribution in [0.25, 0.3) is 0 Å². The van der Waals surface area contributed by atoms with E-state index in [-0.39, 0.29) is 6.04 Å². The molecule has 1 aliphatic carbocycles. The second-order valence-electron chi connectivity index (χ2n) is 6.09. The van der Waals surface area contributed by atoms with Crippen molar-refractivity contribution in [2.24, 2.45) is 5.92 Å². The quantitative estimate of drug-likeness (QED) is 0.813. The molecule has 5 heteroatoms. The Hall–Kier alpha value is -1.07. The number of anilines is 1. The van der Waals surface area contributed by atoms with Crippen molar-refractivity contribution in [1.82, 2.24) is 4.72 Å². The van der Waals surface area contributed by atoms with E-state index in [1.807, 2.05) is 12.1 Å². The summed E-state index contributed by atoms with van der Waals surface area (Å²) in [5.74, 6) is 0.639. The molecule has 1 aromatic carbocycles. The zero-order chi connectivity index (χ0) is 14.8. The normalized spacial score (nSPS) is 17.2. The third-order valence-corrected chi connectivity index (χ3v) is 4.84. The van der Waals surface area contributed by atoms with Gasteiger partial charge in [-0.1, -0.05) is 13.8 Å². The van der Waals surface area contributed by atoms with E-state index in [9.17, 15) is 8.42 Å². The molecule has 0 aromatic heterocycles. The van der Waals surface area contributed by atoms with Crippen LogP contribution in [0, 0.1) is 5.92 Å². The van der Waals surface area contributed by atoms with Gasteiger partial charge in [0.25, 0.3) is 0 Å². The number of hydrogen-bond donors (Lipinski definition) is 2. The van der Waals surface area contributed by atoms with Crippen molar-refractivity contribution >= 4 is 15.7 Å². The van der Waals surface area contributed by atoms with Gasteiger partial charge in [-0.3, -0.25) is 0 Å². The second kappa shape index (κ2) is 6.14. The fraction of sp³-hybridized carbons (Fsp3) is 0.600. The number of benzene rings is 1. The highest BCUT2D eigenvalue weighted by molar-refractivity contribution is 7.89. The number of hydrogen-bond acceptors (Lipinski definition) is 3. The van der Waals surface area contributed by atoms with E-state index in [1.54, 1.807) is 12.1 Å². The molecule has 0 saturated heterocycles. The molecule has 0 spiro atoms. The molecule has 0 radical (unpaired) electrons. The maximum Gasteiger partial charge on any atom is 0.240 e. The van der Waals surface area contributed by atoms with Crippen molar-refractivity contribution < 1.29 is 8.42 Å². The van der Waals surface area contributed by atoms with Gasteiger partial charge >= 0.3 is 0 Å². The van der Waals surface area contributed by atoms with Gasteiger partial charge in [0, 0.05) is 17.8 Å². The van der Waals surface area contributed by atoms with E-state index >= 15 is 0 Å². The van der Waals surface area contributed by atoms with Crippen LogP contribution in [0.2, 0.25) is 0 Å². The molecular formula is C15H24N2O2S. The van der Waals surface area contributed by atoms with Crippen LogP contribution in [-0.4, -0.2) is 20.5 Å². The summed E-state index contributed by atoms with van der Waals surface area (Å²) in [4.78, 5) is 0.339. The minimum absolute atomic E-state index is 0.142. The van der Waals surface area contributed by atoms with Crippen molar-refractivity contribution in [2.75, 3.05) is 5.32 Å². The van der Waals surface area contributed by atoms with Gasteiger partial charge in [-0.2, -0.15) is 0 Å². The first kappa shape index (κ1) is 15.3. The van der Waals surface area contributed by atoms with Gasteiger partial charge in [0.15, 0.2) is 0 Å². The lowest BCUT2D eigenvalue weighted by molar-refractivity contribution is 0.540. The highest BCUT2D eigenvalue weighted by Gasteiger charge is 2.27. The second-order valence-corrected chi connectivity index (χ2v) is 7.81. The Balaban J connectivity index is 1.98. The predicted molar refractivity (Wildman–Crippen MR) is 82.3 cm³/mol. The number of nitrogens with one attached hydrogen (secondary N) is 2. The van der Waals surface area contributed by atoms with Crippen LogP contribution in [0.4, 0.5) is 5.69 Å². The summed E-state index contributed by atoms with van der Waals surface area (Å²) >= 11 is 0. The van der Waals surface area contributed by atoms with Crippen LogP contribution in [0.1, 0.15) is 40.0 Å². The topological polar surface area (TPSA) is 58.2 Å². The highest BCUT2D eigenvalue weighted by Crippen LogP contribution is 2.23. The molecule has 0 heterocycles. The summed E-state index contributed by atoms with van der Waals surface area (Å²) in [6.45, 7) is 6.52. The van der Waals surface area contributed by atoms with Gasteiger partial charge in [-0.15, -0.1) is 0 Å². The molecule has 2 rings (SSSR count). The maximum absolute atomic E-state index is 12.0. The lowest BCUT2D eigenvalue weighted by Crippen LogP contribution is -2.25. The molecule has 20 heavy (non-hydrogen) atoms. The standard InChI is InChI=1S/C15H24N2O2S/c1-11(2)10-12(3)16-13-6-8-15(9-7-13)20(18,19)17-14-4-5-14/h6-9,11-12,14,16-17H,4-5,10H2,1-3H3. The Morgan fingerprint density at radius 1 is 1.15 bits per heavy atom. The van der Waals surface area contributed by atoms with Crippen LogP contribution in [0.15, 0.2) is 29.2 Å². The molecule has 1 atom stereocenters. The molecular weight excluding hydrogens is 272 g/mol. The smallest absolute Gasteiger partial charge is 0.240 e. The van der Waals surface area contributed by atoms with Crippen molar-refractivity contribution in [3.63, 3.8) is 0 Å². The molecule has 0 bridgehead atoms. The first-order valence-corrected chi connectivity index (χ1v) is 8.74. The zero-order valence-corrected chi connectivity index (χ0v) is 13.2. The van der Waals surface area contributed by atoms with E-state index in [2.05, 4.69) is 30.8 Å². The van der Waals surface area contributed by atoms with Crippen LogP contribution >= 0.6 is 0 Å². The molecule has 4 nitrogen and oxygen atoms in total. The molecule has 1 unspecified atom stereocenters. The van der Waals surface area contributed by atoms with E-state index in [1.165, 1.54) is 0 Å². The fourth-order valence-corrected chi connectivity index (χ4v) is 3.57. The first-order chi connectivity index (χ1) is 9.37. The lowest BCUT2D eigenvalue weighted by atomic mass is 10.1. The molecule has 1 aliphatic rings. The Morgan fingerprint density at radius 3 is 2.25 bits per heavy atom. The summed E-state index contributed by atoms with van der Waals surface area (Å²) in [6.07, 6.45) is 2.99. The average molecular weight is 296 g/mol. The molecule has 1 aromatic rings. The van der Waals surface area contributed by atoms with E-state index in [0.29, 0.717) is 16.9 Å². The van der Waals surface area contributed by atoms with Crippen molar-refractivity contribution in [3.05, 3.63) is 24.3 Å². The molecule has 1 saturated carbocycles. The maximum atomic E-state index is 12.0. The largest absolute Gasteiger partial charge is 0.383 e. The molecule has 2 N–H and O–H groups in total. The van der Waals surface area contributed by atoms with E-state index < -0.39 is 10.0 Å². The fourth-order valence-electron chi connectivity index (χ4n) is 2.27. The first-order valence-electron chi connectivity index (χ1n) is 7.26. The van der Waals surface area contributed by atoms with Gasteiger partial charge in [0.05, 0.1) is 4.90 Å². The van der Waals surface area contributed by atoms with Gasteiger partial charge < -0.3 is 5.32 Å². The Labute approximate surface area is 122 Å². The predicted octanol–water partition coefficient (Wildman–Crippen LogP) is 2.97. The number of sulfonamides is 1. The summed E-state index contributed by atoms with van der Waals surface area (Å²) in [5, 5.41) is 3.39. The Morgan fingerprint density at radius 2 is 1.75 bits per heavy atom. The van der Waals surface area contributed by atoms with Gasteiger partial charge in [0.2, 0.25) is 10.0 Å². The van der Waals surface area contributed by atoms with Gasteiger partial charge in [-0.25, -0.2) is 13.1 Å². The Kier molecular flexibility index (Phi) is 4.70. The van der Waals surface area contributed by atoms with Crippen LogP contribution in [0.3, 0.4) is 0 Å². The third-order valence-electron chi connectivity index (χ3n) is 3.30. The lowest BCUT2D eigenvalue weighted by Gasteiger charge is -2.17. The van der Waals surface area contributed by atoms with E-state index in [0.717, 1.165) is 24.9 Å². The SMILES string of the molecule is CC(C)CC(C)Nc1ccc(S(=O)(=O)NC2CC2)cc1. The summed E-state index contributed by atoms with van der Waals surface area (Å²) in [7, 11) is -3.34. The molecule has 112 valence electrons. The van der Waals surface area contributed by atoms with Crippen molar-refractivity contribution in [2.45, 2.75) is 57.0 Å². The van der Waals surface area contributed by atoms with Gasteiger partial charge in [-0.05, 0) is 56.4 Å². The highest BCUT2D eigenvalue weighted by atomic mass is 32.2. The molecule has 1 fully saturated rings. The Bertz CT molecular complexity index is 533. The van der Waals surface area contributed by atoms with Crippen LogP contribution < -0.4 is 10.0 Å². The molecule has 0 aliphatic heterocycles. The van der Waals surface area contributed by atoms with Crippen molar-refractivity contribution in [3.8, 4) is 0 Å². The monoisotopic (exact) mass is 296 g/mol. The summed E-state index contributed by atoms with van der Waals surface area (Å²) in [5.41, 5.74) is 0.962. The van der Waals surface area contributed by atoms with Gasteiger partial charge in [0.1, 0.15) is 0 Å². The summed E-state index contributed by atoms with van der Waals surface area (Å²) < 4.78 is 26.7. The average Bonchev–Trinajstić information content (AvgIpc) is 3.11. The minimum Gasteiger partial charge on any atom is -0.383 e. The van der Waals surface area contributed by atoms with E-state index in [4.69, 9.17) is 0 Å². The minimum atomic E-state index is -3.34. The van der Waals surface area contributed by atoms with Crippen molar-refractivity contribution in [1.29, 1.82) is 0 Å². The van der Waals surface area contributed by atoms with Crippen LogP contribution in [-0.2, 0) is 10.0 Å².